The third-order valence-corrected chi connectivity index (χ3v) is 6.08. The summed E-state index contributed by atoms with van der Waals surface area (Å²) in [6.07, 6.45) is 1.41. The first-order chi connectivity index (χ1) is 14.5. The Morgan fingerprint density at radius 1 is 1.33 bits per heavy atom. The van der Waals surface area contributed by atoms with Crippen molar-refractivity contribution in [3.05, 3.63) is 40.8 Å². The van der Waals surface area contributed by atoms with Crippen molar-refractivity contribution in [3.8, 4) is 0 Å². The van der Waals surface area contributed by atoms with Crippen LogP contribution < -0.4 is 16.4 Å². The molecule has 1 saturated heterocycles. The quantitative estimate of drug-likeness (QED) is 0.552. The van der Waals surface area contributed by atoms with Crippen LogP contribution in [0.2, 0.25) is 0 Å². The Balaban J connectivity index is 1.50. The summed E-state index contributed by atoms with van der Waals surface area (Å²) in [5.41, 5.74) is 7.83. The molecule has 10 heteroatoms. The predicted octanol–water partition coefficient (Wildman–Crippen LogP) is 2.53. The van der Waals surface area contributed by atoms with Crippen LogP contribution in [-0.4, -0.2) is 60.2 Å². The third kappa shape index (κ3) is 4.35. The number of rotatable bonds is 6. The molecule has 4 N–H and O–H groups in total. The number of ether oxygens (including phenoxy) is 1. The topological polar surface area (TPSA) is 105 Å². The lowest BCUT2D eigenvalue weighted by molar-refractivity contribution is 0.0383. The van der Waals surface area contributed by atoms with Gasteiger partial charge in [-0.2, -0.15) is 0 Å². The van der Waals surface area contributed by atoms with Crippen molar-refractivity contribution in [1.82, 2.24) is 20.2 Å². The average Bonchev–Trinajstić information content (AvgIpc) is 3.09. The van der Waals surface area contributed by atoms with E-state index < -0.39 is 0 Å². The number of nitrogens with one attached hydrogen (secondary N) is 2. The highest BCUT2D eigenvalue weighted by molar-refractivity contribution is 7.21. The number of amides is 1. The summed E-state index contributed by atoms with van der Waals surface area (Å²) in [5.74, 6) is -0.0288. The van der Waals surface area contributed by atoms with Gasteiger partial charge in [0, 0.05) is 31.9 Å². The number of morpholine rings is 1. The highest BCUT2D eigenvalue weighted by Crippen LogP contribution is 2.37. The first-order valence-corrected chi connectivity index (χ1v) is 10.5. The number of fused-ring (bicyclic) bond motifs is 1. The van der Waals surface area contributed by atoms with Crippen LogP contribution in [0.3, 0.4) is 0 Å². The number of carbonyl (C=O) groups excluding carboxylic acids is 1. The maximum Gasteiger partial charge on any atom is 0.263 e. The number of anilines is 3. The fourth-order valence-electron chi connectivity index (χ4n) is 3.31. The second-order valence-corrected chi connectivity index (χ2v) is 8.05. The van der Waals surface area contributed by atoms with Crippen molar-refractivity contribution in [1.29, 1.82) is 0 Å². The zero-order valence-corrected chi connectivity index (χ0v) is 17.4. The molecule has 1 aromatic carbocycles. The molecular weight excluding hydrogens is 407 g/mol. The molecule has 3 heterocycles. The van der Waals surface area contributed by atoms with Crippen LogP contribution in [0.4, 0.5) is 21.6 Å². The molecule has 0 atom stereocenters. The highest BCUT2D eigenvalue weighted by atomic mass is 32.1. The standard InChI is InChI=1S/C20H23FN6O2S/c1-12-10-13(2-3-14(12)21)26-18-15-16(22)17(30-20(15)25-11-24-18)19(28)23-4-5-27-6-8-29-9-7-27/h2-3,10-11H,4-9,22H2,1H3,(H,23,28)(H,24,25,26). The molecule has 0 aliphatic carbocycles. The van der Waals surface area contributed by atoms with Gasteiger partial charge in [-0.15, -0.1) is 11.3 Å². The summed E-state index contributed by atoms with van der Waals surface area (Å²) in [5, 5.41) is 6.67. The number of nitrogen functional groups attached to an aromatic ring is 1. The molecule has 30 heavy (non-hydrogen) atoms. The zero-order valence-electron chi connectivity index (χ0n) is 16.6. The molecule has 1 fully saturated rings. The average molecular weight is 431 g/mol. The molecule has 1 aliphatic heterocycles. The summed E-state index contributed by atoms with van der Waals surface area (Å²) in [7, 11) is 0. The van der Waals surface area contributed by atoms with E-state index in [-0.39, 0.29) is 11.7 Å². The molecule has 0 spiro atoms. The lowest BCUT2D eigenvalue weighted by Crippen LogP contribution is -2.41. The first-order valence-electron chi connectivity index (χ1n) is 9.67. The number of thiophene rings is 1. The monoisotopic (exact) mass is 430 g/mol. The van der Waals surface area contributed by atoms with Crippen LogP contribution in [0, 0.1) is 12.7 Å². The van der Waals surface area contributed by atoms with E-state index in [2.05, 4.69) is 25.5 Å². The van der Waals surface area contributed by atoms with E-state index in [1.807, 2.05) is 0 Å². The number of carbonyl (C=O) groups is 1. The smallest absolute Gasteiger partial charge is 0.263 e. The van der Waals surface area contributed by atoms with E-state index in [0.717, 1.165) is 32.8 Å². The maximum absolute atomic E-state index is 13.5. The molecule has 4 rings (SSSR count). The van der Waals surface area contributed by atoms with Crippen molar-refractivity contribution in [2.24, 2.45) is 0 Å². The summed E-state index contributed by atoms with van der Waals surface area (Å²) >= 11 is 1.23. The fraction of sp³-hybridized carbons (Fsp3) is 0.350. The van der Waals surface area contributed by atoms with Gasteiger partial charge >= 0.3 is 0 Å². The van der Waals surface area contributed by atoms with Gasteiger partial charge in [0.1, 0.15) is 27.7 Å². The minimum absolute atomic E-state index is 0.229. The molecule has 0 radical (unpaired) electrons. The van der Waals surface area contributed by atoms with Gasteiger partial charge < -0.3 is 21.1 Å². The van der Waals surface area contributed by atoms with E-state index in [9.17, 15) is 9.18 Å². The number of aryl methyl sites for hydroxylation is 1. The summed E-state index contributed by atoms with van der Waals surface area (Å²) < 4.78 is 18.9. The van der Waals surface area contributed by atoms with Gasteiger partial charge in [-0.05, 0) is 30.7 Å². The van der Waals surface area contributed by atoms with E-state index in [1.54, 1.807) is 19.1 Å². The normalized spacial score (nSPS) is 14.7. The number of nitrogens with zero attached hydrogens (tertiary/aromatic N) is 3. The minimum Gasteiger partial charge on any atom is -0.397 e. The Bertz CT molecular complexity index is 1070. The van der Waals surface area contributed by atoms with E-state index in [1.165, 1.54) is 23.7 Å². The SMILES string of the molecule is Cc1cc(Nc2ncnc3sc(C(=O)NCCN4CCOCC4)c(N)c23)ccc1F. The van der Waals surface area contributed by atoms with Gasteiger partial charge in [-0.25, -0.2) is 14.4 Å². The number of hydrogen-bond acceptors (Lipinski definition) is 8. The van der Waals surface area contributed by atoms with Gasteiger partial charge in [0.25, 0.3) is 5.91 Å². The minimum atomic E-state index is -0.278. The van der Waals surface area contributed by atoms with Crippen molar-refractivity contribution in [2.45, 2.75) is 6.92 Å². The summed E-state index contributed by atoms with van der Waals surface area (Å²) in [6.45, 7) is 6.16. The Hall–Kier alpha value is -2.82. The van der Waals surface area contributed by atoms with Gasteiger partial charge in [-0.3, -0.25) is 9.69 Å². The van der Waals surface area contributed by atoms with Crippen LogP contribution in [0.5, 0.6) is 0 Å². The Morgan fingerprint density at radius 3 is 2.90 bits per heavy atom. The van der Waals surface area contributed by atoms with Crippen molar-refractivity contribution in [3.63, 3.8) is 0 Å². The van der Waals surface area contributed by atoms with Gasteiger partial charge in [0.15, 0.2) is 0 Å². The second-order valence-electron chi connectivity index (χ2n) is 7.05. The lowest BCUT2D eigenvalue weighted by Gasteiger charge is -2.26. The summed E-state index contributed by atoms with van der Waals surface area (Å²) in [4.78, 5) is 24.5. The zero-order chi connectivity index (χ0) is 21.1. The number of hydrogen-bond donors (Lipinski definition) is 3. The fourth-order valence-corrected chi connectivity index (χ4v) is 4.29. The molecular formula is C20H23FN6O2S. The molecule has 1 aliphatic rings. The molecule has 0 unspecified atom stereocenters. The second kappa shape index (κ2) is 8.90. The largest absolute Gasteiger partial charge is 0.397 e. The first kappa shape index (κ1) is 20.5. The maximum atomic E-state index is 13.5. The Kier molecular flexibility index (Phi) is 6.07. The molecule has 158 valence electrons. The van der Waals surface area contributed by atoms with Crippen LogP contribution in [-0.2, 0) is 4.74 Å². The van der Waals surface area contributed by atoms with Gasteiger partial charge in [0.05, 0.1) is 24.3 Å². The van der Waals surface area contributed by atoms with Crippen LogP contribution >= 0.6 is 11.3 Å². The highest BCUT2D eigenvalue weighted by Gasteiger charge is 2.20. The van der Waals surface area contributed by atoms with Crippen LogP contribution in [0.15, 0.2) is 24.5 Å². The lowest BCUT2D eigenvalue weighted by atomic mass is 10.2. The number of benzene rings is 1. The third-order valence-electron chi connectivity index (χ3n) is 4.97. The van der Waals surface area contributed by atoms with Crippen LogP contribution in [0.1, 0.15) is 15.2 Å². The predicted molar refractivity (Wildman–Crippen MR) is 116 cm³/mol. The van der Waals surface area contributed by atoms with E-state index >= 15 is 0 Å². The van der Waals surface area contributed by atoms with Crippen molar-refractivity contribution in [2.75, 3.05) is 50.4 Å². The van der Waals surface area contributed by atoms with E-state index in [0.29, 0.717) is 44.4 Å². The number of aromatic nitrogens is 2. The summed E-state index contributed by atoms with van der Waals surface area (Å²) in [6, 6.07) is 4.70. The molecule has 3 aromatic rings. The Labute approximate surface area is 177 Å². The van der Waals surface area contributed by atoms with Gasteiger partial charge in [0.2, 0.25) is 0 Å². The molecule has 1 amide bonds. The molecule has 0 saturated carbocycles. The molecule has 0 bridgehead atoms. The Morgan fingerprint density at radius 2 is 2.13 bits per heavy atom. The molecule has 2 aromatic heterocycles. The number of nitrogens with two attached hydrogens (primary N) is 1. The van der Waals surface area contributed by atoms with E-state index in [4.69, 9.17) is 10.5 Å². The van der Waals surface area contributed by atoms with Crippen molar-refractivity contribution >= 4 is 44.7 Å². The molecule has 8 nitrogen and oxygen atoms in total. The van der Waals surface area contributed by atoms with Crippen LogP contribution in [0.25, 0.3) is 10.2 Å². The van der Waals surface area contributed by atoms with Gasteiger partial charge in [-0.1, -0.05) is 0 Å². The van der Waals surface area contributed by atoms with Crippen molar-refractivity contribution < 1.29 is 13.9 Å². The number of halogens is 1.